The summed E-state index contributed by atoms with van der Waals surface area (Å²) in [6, 6.07) is 0. The highest BCUT2D eigenvalue weighted by atomic mass is 32.2. The molecule has 0 aliphatic rings. The molecule has 0 fully saturated rings. The number of hydrogen-bond donors (Lipinski definition) is 2. The Labute approximate surface area is 119 Å². The van der Waals surface area contributed by atoms with Gasteiger partial charge in [0, 0.05) is 13.1 Å². The van der Waals surface area contributed by atoms with Crippen molar-refractivity contribution in [2.24, 2.45) is 5.92 Å². The van der Waals surface area contributed by atoms with Gasteiger partial charge in [-0.2, -0.15) is 11.8 Å². The molecule has 1 amide bonds. The lowest BCUT2D eigenvalue weighted by atomic mass is 10.2. The van der Waals surface area contributed by atoms with Crippen molar-refractivity contribution in [2.75, 3.05) is 30.4 Å². The summed E-state index contributed by atoms with van der Waals surface area (Å²) in [4.78, 5) is 20.1. The van der Waals surface area contributed by atoms with Crippen LogP contribution >= 0.6 is 11.8 Å². The molecule has 1 rings (SSSR count). The van der Waals surface area contributed by atoms with E-state index >= 15 is 0 Å². The summed E-state index contributed by atoms with van der Waals surface area (Å²) in [6.45, 7) is 5.71. The van der Waals surface area contributed by atoms with Crippen LogP contribution in [0, 0.1) is 5.92 Å². The van der Waals surface area contributed by atoms with Crippen molar-refractivity contribution in [2.45, 2.75) is 20.3 Å². The van der Waals surface area contributed by atoms with Crippen LogP contribution in [-0.4, -0.2) is 41.0 Å². The van der Waals surface area contributed by atoms with Gasteiger partial charge in [-0.05, 0) is 24.3 Å². The average molecular weight is 282 g/mol. The minimum atomic E-state index is -0.164. The van der Waals surface area contributed by atoms with Crippen LogP contribution in [0.1, 0.15) is 30.8 Å². The first-order valence-corrected chi connectivity index (χ1v) is 7.89. The van der Waals surface area contributed by atoms with Gasteiger partial charge in [-0.1, -0.05) is 13.8 Å². The van der Waals surface area contributed by atoms with Gasteiger partial charge in [-0.25, -0.2) is 9.97 Å². The van der Waals surface area contributed by atoms with Crippen LogP contribution in [0.4, 0.5) is 5.82 Å². The highest BCUT2D eigenvalue weighted by Gasteiger charge is 2.09. The molecule has 0 saturated carbocycles. The molecule has 0 aliphatic heterocycles. The monoisotopic (exact) mass is 282 g/mol. The smallest absolute Gasteiger partial charge is 0.271 e. The lowest BCUT2D eigenvalue weighted by molar-refractivity contribution is 0.0944. The number of amides is 1. The van der Waals surface area contributed by atoms with Gasteiger partial charge in [0.1, 0.15) is 11.5 Å². The molecule has 2 N–H and O–H groups in total. The van der Waals surface area contributed by atoms with Crippen LogP contribution in [0.2, 0.25) is 0 Å². The standard InChI is InChI=1S/C13H22N4OS/c1-4-5-14-12-8-15-11(7-16-12)13(18)17-6-10(2)9-19-3/h7-8,10H,4-6,9H2,1-3H3,(H,14,16)(H,17,18). The predicted octanol–water partition coefficient (Wildman–Crippen LogP) is 2.03. The quantitative estimate of drug-likeness (QED) is 0.763. The zero-order valence-electron chi connectivity index (χ0n) is 11.8. The number of anilines is 1. The van der Waals surface area contributed by atoms with Crippen LogP contribution in [0.15, 0.2) is 12.4 Å². The molecule has 6 heteroatoms. The van der Waals surface area contributed by atoms with E-state index in [1.54, 1.807) is 18.0 Å². The first-order valence-electron chi connectivity index (χ1n) is 6.50. The Hall–Kier alpha value is -1.30. The number of nitrogens with zero attached hydrogens (tertiary/aromatic N) is 2. The first-order chi connectivity index (χ1) is 9.17. The van der Waals surface area contributed by atoms with E-state index in [0.717, 1.165) is 18.7 Å². The number of carbonyl (C=O) groups excluding carboxylic acids is 1. The van der Waals surface area contributed by atoms with E-state index in [0.29, 0.717) is 24.0 Å². The zero-order valence-corrected chi connectivity index (χ0v) is 12.6. The summed E-state index contributed by atoms with van der Waals surface area (Å²) < 4.78 is 0. The van der Waals surface area contributed by atoms with Crippen LogP contribution in [0.5, 0.6) is 0 Å². The van der Waals surface area contributed by atoms with Gasteiger partial charge >= 0.3 is 0 Å². The maximum absolute atomic E-state index is 11.8. The summed E-state index contributed by atoms with van der Waals surface area (Å²) in [6.07, 6.45) is 6.19. The average Bonchev–Trinajstić information content (AvgIpc) is 2.43. The lowest BCUT2D eigenvalue weighted by Gasteiger charge is -2.10. The molecule has 0 saturated heterocycles. The molecule has 1 aromatic heterocycles. The highest BCUT2D eigenvalue weighted by molar-refractivity contribution is 7.98. The minimum Gasteiger partial charge on any atom is -0.369 e. The Bertz CT molecular complexity index is 383. The van der Waals surface area contributed by atoms with Gasteiger partial charge in [0.05, 0.1) is 12.4 Å². The molecule has 0 radical (unpaired) electrons. The molecular weight excluding hydrogens is 260 g/mol. The van der Waals surface area contributed by atoms with E-state index in [1.807, 2.05) is 0 Å². The van der Waals surface area contributed by atoms with Gasteiger partial charge in [0.25, 0.3) is 5.91 Å². The number of aromatic nitrogens is 2. The molecule has 0 bridgehead atoms. The maximum Gasteiger partial charge on any atom is 0.271 e. The van der Waals surface area contributed by atoms with Crippen LogP contribution < -0.4 is 10.6 Å². The molecule has 1 atom stereocenters. The Morgan fingerprint density at radius 1 is 1.42 bits per heavy atom. The van der Waals surface area contributed by atoms with Gasteiger partial charge in [0.2, 0.25) is 0 Å². The molecule has 0 spiro atoms. The largest absolute Gasteiger partial charge is 0.369 e. The van der Waals surface area contributed by atoms with Crippen molar-refractivity contribution in [3.63, 3.8) is 0 Å². The Morgan fingerprint density at radius 2 is 2.21 bits per heavy atom. The third-order valence-corrected chi connectivity index (χ3v) is 3.41. The van der Waals surface area contributed by atoms with Crippen molar-refractivity contribution >= 4 is 23.5 Å². The summed E-state index contributed by atoms with van der Waals surface area (Å²) in [7, 11) is 0. The van der Waals surface area contributed by atoms with Gasteiger partial charge < -0.3 is 10.6 Å². The SMILES string of the molecule is CCCNc1cnc(C(=O)NCC(C)CSC)cn1. The van der Waals surface area contributed by atoms with Gasteiger partial charge in [-0.3, -0.25) is 4.79 Å². The van der Waals surface area contributed by atoms with Gasteiger partial charge in [-0.15, -0.1) is 0 Å². The van der Waals surface area contributed by atoms with Gasteiger partial charge in [0.15, 0.2) is 0 Å². The molecule has 0 aromatic carbocycles. The summed E-state index contributed by atoms with van der Waals surface area (Å²) >= 11 is 1.78. The van der Waals surface area contributed by atoms with Crippen molar-refractivity contribution in [1.82, 2.24) is 15.3 Å². The molecule has 5 nitrogen and oxygen atoms in total. The lowest BCUT2D eigenvalue weighted by Crippen LogP contribution is -2.29. The van der Waals surface area contributed by atoms with Crippen molar-refractivity contribution in [1.29, 1.82) is 0 Å². The molecule has 1 unspecified atom stereocenters. The number of nitrogens with one attached hydrogen (secondary N) is 2. The van der Waals surface area contributed by atoms with Crippen molar-refractivity contribution < 1.29 is 4.79 Å². The number of carbonyl (C=O) groups is 1. The van der Waals surface area contributed by atoms with E-state index in [9.17, 15) is 4.79 Å². The van der Waals surface area contributed by atoms with E-state index in [4.69, 9.17) is 0 Å². The fourth-order valence-corrected chi connectivity index (χ4v) is 2.18. The first kappa shape index (κ1) is 15.8. The molecule has 1 heterocycles. The third kappa shape index (κ3) is 5.92. The maximum atomic E-state index is 11.8. The molecule has 19 heavy (non-hydrogen) atoms. The molecular formula is C13H22N4OS. The summed E-state index contributed by atoms with van der Waals surface area (Å²) in [5, 5.41) is 5.99. The second kappa shape index (κ2) is 8.74. The molecule has 106 valence electrons. The fraction of sp³-hybridized carbons (Fsp3) is 0.615. The second-order valence-electron chi connectivity index (χ2n) is 4.48. The third-order valence-electron chi connectivity index (χ3n) is 2.50. The summed E-state index contributed by atoms with van der Waals surface area (Å²) in [5.41, 5.74) is 0.360. The van der Waals surface area contributed by atoms with E-state index in [-0.39, 0.29) is 5.91 Å². The van der Waals surface area contributed by atoms with Crippen LogP contribution in [0.3, 0.4) is 0 Å². The van der Waals surface area contributed by atoms with Crippen LogP contribution in [-0.2, 0) is 0 Å². The van der Waals surface area contributed by atoms with Crippen molar-refractivity contribution in [3.8, 4) is 0 Å². The zero-order chi connectivity index (χ0) is 14.1. The molecule has 1 aromatic rings. The number of rotatable bonds is 8. The minimum absolute atomic E-state index is 0.164. The predicted molar refractivity (Wildman–Crippen MR) is 80.7 cm³/mol. The highest BCUT2D eigenvalue weighted by Crippen LogP contribution is 2.04. The van der Waals surface area contributed by atoms with Crippen LogP contribution in [0.25, 0.3) is 0 Å². The Morgan fingerprint density at radius 3 is 2.79 bits per heavy atom. The second-order valence-corrected chi connectivity index (χ2v) is 5.39. The Kier molecular flexibility index (Phi) is 7.25. The van der Waals surface area contributed by atoms with E-state index < -0.39 is 0 Å². The van der Waals surface area contributed by atoms with E-state index in [2.05, 4.69) is 40.7 Å². The van der Waals surface area contributed by atoms with Crippen molar-refractivity contribution in [3.05, 3.63) is 18.1 Å². The summed E-state index contributed by atoms with van der Waals surface area (Å²) in [5.74, 6) is 2.03. The molecule has 0 aliphatic carbocycles. The fourth-order valence-electron chi connectivity index (χ4n) is 1.49. The Balaban J connectivity index is 2.44. The number of hydrogen-bond acceptors (Lipinski definition) is 5. The normalized spacial score (nSPS) is 11.9. The number of thioether (sulfide) groups is 1. The van der Waals surface area contributed by atoms with E-state index in [1.165, 1.54) is 6.20 Å². The topological polar surface area (TPSA) is 66.9 Å².